The van der Waals surface area contributed by atoms with Crippen LogP contribution in [0, 0.1) is 6.92 Å². The molecule has 1 aromatic rings. The second kappa shape index (κ2) is 4.02. The zero-order valence-electron chi connectivity index (χ0n) is 9.23. The topological polar surface area (TPSA) is 81.0 Å². The van der Waals surface area contributed by atoms with Gasteiger partial charge in [-0.25, -0.2) is 0 Å². The van der Waals surface area contributed by atoms with Crippen molar-refractivity contribution in [3.05, 3.63) is 29.0 Å². The van der Waals surface area contributed by atoms with Crippen LogP contribution in [0.3, 0.4) is 0 Å². The van der Waals surface area contributed by atoms with E-state index in [2.05, 4.69) is 4.99 Å². The summed E-state index contributed by atoms with van der Waals surface area (Å²) in [4.78, 5) is 4.17. The van der Waals surface area contributed by atoms with Crippen molar-refractivity contribution in [2.24, 2.45) is 10.7 Å². The van der Waals surface area contributed by atoms with E-state index in [1.807, 2.05) is 6.92 Å². The second-order valence-corrected chi connectivity index (χ2v) is 3.54. The summed E-state index contributed by atoms with van der Waals surface area (Å²) in [6, 6.07) is 1.72. The molecule has 0 aromatic carbocycles. The van der Waals surface area contributed by atoms with Crippen LogP contribution in [0.15, 0.2) is 21.4 Å². The number of furan rings is 1. The lowest BCUT2D eigenvalue weighted by atomic mass is 10.1. The zero-order valence-corrected chi connectivity index (χ0v) is 9.23. The zero-order chi connectivity index (χ0) is 11.7. The highest BCUT2D eigenvalue weighted by Crippen LogP contribution is 2.36. The van der Waals surface area contributed by atoms with Crippen molar-refractivity contribution in [3.63, 3.8) is 0 Å². The van der Waals surface area contributed by atoms with Crippen molar-refractivity contribution in [1.29, 1.82) is 0 Å². The maximum Gasteiger partial charge on any atom is 0.229 e. The Labute approximate surface area is 93.2 Å². The van der Waals surface area contributed by atoms with Gasteiger partial charge in [0.1, 0.15) is 5.76 Å². The van der Waals surface area contributed by atoms with E-state index >= 15 is 0 Å². The number of aliphatic imine (C=N–C) groups is 1. The van der Waals surface area contributed by atoms with E-state index in [9.17, 15) is 5.11 Å². The molecule has 0 amide bonds. The normalized spacial score (nSPS) is 20.1. The Hall–Kier alpha value is -1.75. The van der Waals surface area contributed by atoms with Crippen molar-refractivity contribution in [2.75, 3.05) is 0 Å². The minimum Gasteiger partial charge on any atom is -0.459 e. The van der Waals surface area contributed by atoms with Gasteiger partial charge in [-0.1, -0.05) is 6.92 Å². The molecule has 0 saturated carbocycles. The monoisotopic (exact) mass is 222 g/mol. The van der Waals surface area contributed by atoms with Gasteiger partial charge in [0.05, 0.1) is 5.56 Å². The van der Waals surface area contributed by atoms with Gasteiger partial charge in [-0.2, -0.15) is 0 Å². The Bertz CT molecular complexity index is 460. The largest absolute Gasteiger partial charge is 0.459 e. The van der Waals surface area contributed by atoms with Gasteiger partial charge in [0.15, 0.2) is 11.5 Å². The first-order chi connectivity index (χ1) is 7.63. The average molecular weight is 222 g/mol. The number of ether oxygens (including phenoxy) is 1. The number of rotatable bonds is 2. The minimum absolute atomic E-state index is 0.0825. The van der Waals surface area contributed by atoms with Gasteiger partial charge in [-0.05, 0) is 19.4 Å². The van der Waals surface area contributed by atoms with E-state index in [4.69, 9.17) is 14.9 Å². The summed E-state index contributed by atoms with van der Waals surface area (Å²) in [6.07, 6.45) is 1.42. The highest BCUT2D eigenvalue weighted by molar-refractivity contribution is 5.74. The van der Waals surface area contributed by atoms with Crippen molar-refractivity contribution in [2.45, 2.75) is 26.6 Å². The van der Waals surface area contributed by atoms with Crippen LogP contribution in [0.25, 0.3) is 5.70 Å². The lowest BCUT2D eigenvalue weighted by Gasteiger charge is -2.19. The standard InChI is InChI=1S/C11H14N2O3/c1-3-4-13-8-9-7(5-6(2)15-9)11(14)16-10(8)12/h4-5,11,14H,3,12H2,1-2H3. The summed E-state index contributed by atoms with van der Waals surface area (Å²) in [7, 11) is 0. The lowest BCUT2D eigenvalue weighted by molar-refractivity contribution is -0.0722. The average Bonchev–Trinajstić information content (AvgIpc) is 2.60. The summed E-state index contributed by atoms with van der Waals surface area (Å²) in [6.45, 7) is 3.76. The molecule has 0 fully saturated rings. The summed E-state index contributed by atoms with van der Waals surface area (Å²) in [5.41, 5.74) is 6.66. The molecule has 5 nitrogen and oxygen atoms in total. The van der Waals surface area contributed by atoms with Crippen LogP contribution in [-0.4, -0.2) is 11.3 Å². The summed E-state index contributed by atoms with van der Waals surface area (Å²) in [5.74, 6) is 1.25. The summed E-state index contributed by atoms with van der Waals surface area (Å²) >= 11 is 0. The van der Waals surface area contributed by atoms with E-state index in [0.29, 0.717) is 22.8 Å². The van der Waals surface area contributed by atoms with Crippen LogP contribution < -0.4 is 5.73 Å². The fourth-order valence-electron chi connectivity index (χ4n) is 1.56. The molecule has 0 radical (unpaired) electrons. The van der Waals surface area contributed by atoms with Crippen LogP contribution in [-0.2, 0) is 4.74 Å². The van der Waals surface area contributed by atoms with Gasteiger partial charge in [0, 0.05) is 6.21 Å². The maximum absolute atomic E-state index is 9.64. The molecule has 5 heteroatoms. The van der Waals surface area contributed by atoms with Crippen LogP contribution >= 0.6 is 0 Å². The first kappa shape index (κ1) is 10.8. The molecule has 0 aliphatic carbocycles. The molecule has 1 atom stereocenters. The third-order valence-electron chi connectivity index (χ3n) is 2.24. The predicted molar refractivity (Wildman–Crippen MR) is 59.4 cm³/mol. The highest BCUT2D eigenvalue weighted by Gasteiger charge is 2.29. The van der Waals surface area contributed by atoms with Gasteiger partial charge < -0.3 is 20.0 Å². The third kappa shape index (κ3) is 1.69. The molecule has 2 rings (SSSR count). The van der Waals surface area contributed by atoms with Crippen molar-refractivity contribution in [3.8, 4) is 0 Å². The fraction of sp³-hybridized carbons (Fsp3) is 0.364. The smallest absolute Gasteiger partial charge is 0.229 e. The Morgan fingerprint density at radius 2 is 2.38 bits per heavy atom. The van der Waals surface area contributed by atoms with Crippen LogP contribution in [0.2, 0.25) is 0 Å². The van der Waals surface area contributed by atoms with E-state index < -0.39 is 6.29 Å². The quantitative estimate of drug-likeness (QED) is 0.746. The molecule has 0 bridgehead atoms. The Morgan fingerprint density at radius 1 is 1.62 bits per heavy atom. The van der Waals surface area contributed by atoms with Gasteiger partial charge in [0.2, 0.25) is 12.2 Å². The molecular weight excluding hydrogens is 208 g/mol. The number of nitrogens with zero attached hydrogens (tertiary/aromatic N) is 1. The number of nitrogens with two attached hydrogens (primary N) is 1. The molecular formula is C11H14N2O3. The number of aryl methyl sites for hydroxylation is 1. The number of aliphatic hydroxyl groups is 1. The molecule has 1 aromatic heterocycles. The fourth-order valence-corrected chi connectivity index (χ4v) is 1.56. The van der Waals surface area contributed by atoms with Gasteiger partial charge in [-0.15, -0.1) is 0 Å². The first-order valence-electron chi connectivity index (χ1n) is 5.11. The van der Waals surface area contributed by atoms with E-state index in [1.54, 1.807) is 19.2 Å². The minimum atomic E-state index is -1.08. The number of fused-ring (bicyclic) bond motifs is 1. The maximum atomic E-state index is 9.64. The van der Waals surface area contributed by atoms with E-state index in [-0.39, 0.29) is 5.88 Å². The van der Waals surface area contributed by atoms with Crippen LogP contribution in [0.1, 0.15) is 36.7 Å². The Morgan fingerprint density at radius 3 is 3.06 bits per heavy atom. The molecule has 1 unspecified atom stereocenters. The van der Waals surface area contributed by atoms with Crippen molar-refractivity contribution >= 4 is 11.9 Å². The van der Waals surface area contributed by atoms with E-state index in [1.165, 1.54) is 0 Å². The first-order valence-corrected chi connectivity index (χ1v) is 5.11. The molecule has 1 aliphatic heterocycles. The van der Waals surface area contributed by atoms with Gasteiger partial charge >= 0.3 is 0 Å². The molecule has 3 N–H and O–H groups in total. The summed E-state index contributed by atoms with van der Waals surface area (Å²) in [5, 5.41) is 9.64. The van der Waals surface area contributed by atoms with Crippen LogP contribution in [0.4, 0.5) is 0 Å². The van der Waals surface area contributed by atoms with Crippen molar-refractivity contribution in [1.82, 2.24) is 0 Å². The van der Waals surface area contributed by atoms with Gasteiger partial charge in [0.25, 0.3) is 0 Å². The highest BCUT2D eigenvalue weighted by atomic mass is 16.6. The molecule has 0 saturated heterocycles. The lowest BCUT2D eigenvalue weighted by Crippen LogP contribution is -2.16. The van der Waals surface area contributed by atoms with Crippen LogP contribution in [0.5, 0.6) is 0 Å². The Kier molecular flexibility index (Phi) is 2.70. The number of aliphatic hydroxyl groups excluding tert-OH is 1. The molecule has 2 heterocycles. The molecule has 1 aliphatic rings. The Balaban J connectivity index is 2.50. The molecule has 0 spiro atoms. The number of hydrogen-bond donors (Lipinski definition) is 2. The molecule has 16 heavy (non-hydrogen) atoms. The summed E-state index contributed by atoms with van der Waals surface area (Å²) < 4.78 is 10.5. The SMILES string of the molecule is CCC=NC1=C(N)OC(O)c2cc(C)oc21. The van der Waals surface area contributed by atoms with Gasteiger partial charge in [-0.3, -0.25) is 4.99 Å². The predicted octanol–water partition coefficient (Wildman–Crippen LogP) is 1.67. The number of hydrogen-bond acceptors (Lipinski definition) is 5. The molecule has 86 valence electrons. The van der Waals surface area contributed by atoms with Crippen molar-refractivity contribution < 1.29 is 14.3 Å². The van der Waals surface area contributed by atoms with E-state index in [0.717, 1.165) is 6.42 Å². The second-order valence-electron chi connectivity index (χ2n) is 3.54. The third-order valence-corrected chi connectivity index (χ3v) is 2.24.